The van der Waals surface area contributed by atoms with Crippen molar-refractivity contribution in [3.63, 3.8) is 0 Å². The van der Waals surface area contributed by atoms with Crippen molar-refractivity contribution in [2.24, 2.45) is 5.92 Å². The number of urea groups is 1. The van der Waals surface area contributed by atoms with E-state index in [1.54, 1.807) is 31.3 Å². The van der Waals surface area contributed by atoms with Gasteiger partial charge in [0, 0.05) is 25.2 Å². The van der Waals surface area contributed by atoms with Crippen molar-refractivity contribution in [2.75, 3.05) is 17.6 Å². The van der Waals surface area contributed by atoms with Crippen LogP contribution in [-0.4, -0.2) is 56.3 Å². The number of amides is 4. The van der Waals surface area contributed by atoms with E-state index < -0.39 is 11.9 Å². The van der Waals surface area contributed by atoms with E-state index in [0.717, 1.165) is 16.7 Å². The Bertz CT molecular complexity index is 903. The van der Waals surface area contributed by atoms with Crippen LogP contribution in [0.2, 0.25) is 0 Å². The third-order valence-electron chi connectivity index (χ3n) is 4.20. The molecule has 3 rings (SSSR count). The van der Waals surface area contributed by atoms with Gasteiger partial charge in [0.2, 0.25) is 17.7 Å². The van der Waals surface area contributed by atoms with Crippen LogP contribution in [-0.2, 0) is 16.0 Å². The normalized spacial score (nSPS) is 19.0. The van der Waals surface area contributed by atoms with Crippen molar-refractivity contribution in [2.45, 2.75) is 24.6 Å². The van der Waals surface area contributed by atoms with Gasteiger partial charge in [-0.25, -0.2) is 9.78 Å². The number of anilines is 1. The molecular formula is C18H20N6O4S. The molecule has 1 aliphatic rings. The highest BCUT2D eigenvalue weighted by molar-refractivity contribution is 7.99. The Labute approximate surface area is 171 Å². The zero-order chi connectivity index (χ0) is 20.8. The number of carbonyl (C=O) groups is 3. The van der Waals surface area contributed by atoms with Gasteiger partial charge in [-0.15, -0.1) is 16.8 Å². The maximum absolute atomic E-state index is 12.6. The molecule has 1 fully saturated rings. The number of nitrogens with zero attached hydrogens (tertiary/aromatic N) is 4. The molecule has 0 radical (unpaired) electrons. The van der Waals surface area contributed by atoms with Crippen LogP contribution in [0.25, 0.3) is 0 Å². The first-order valence-corrected chi connectivity index (χ1v) is 9.85. The molecule has 1 aliphatic heterocycles. The summed E-state index contributed by atoms with van der Waals surface area (Å²) >= 11 is 1.08. The van der Waals surface area contributed by atoms with Gasteiger partial charge in [0.15, 0.2) is 0 Å². The highest BCUT2D eigenvalue weighted by Crippen LogP contribution is 2.22. The molecule has 0 aromatic carbocycles. The fourth-order valence-electron chi connectivity index (χ4n) is 2.76. The van der Waals surface area contributed by atoms with E-state index in [0.29, 0.717) is 5.82 Å². The Morgan fingerprint density at radius 1 is 1.41 bits per heavy atom. The maximum atomic E-state index is 12.6. The molecule has 2 aromatic heterocycles. The van der Waals surface area contributed by atoms with Crippen LogP contribution < -0.4 is 10.6 Å². The molecule has 1 saturated heterocycles. The van der Waals surface area contributed by atoms with Gasteiger partial charge >= 0.3 is 6.03 Å². The Hall–Kier alpha value is -3.21. The van der Waals surface area contributed by atoms with Gasteiger partial charge in [-0.3, -0.25) is 14.5 Å². The van der Waals surface area contributed by atoms with E-state index in [9.17, 15) is 14.4 Å². The molecule has 2 N–H and O–H groups in total. The second-order valence-corrected chi connectivity index (χ2v) is 7.23. The maximum Gasteiger partial charge on any atom is 0.324 e. The summed E-state index contributed by atoms with van der Waals surface area (Å²) in [5.41, 5.74) is 0. The minimum atomic E-state index is -0.529. The SMILES string of the molecule is C=CCN1C(=O)NC(C)C(Cc2nnc(SCC(=O)Nc3ccccn3)o2)C1=O. The largest absolute Gasteiger partial charge is 0.416 e. The lowest BCUT2D eigenvalue weighted by molar-refractivity contribution is -0.134. The monoisotopic (exact) mass is 416 g/mol. The summed E-state index contributed by atoms with van der Waals surface area (Å²) in [6.45, 7) is 5.44. The van der Waals surface area contributed by atoms with Gasteiger partial charge in [-0.1, -0.05) is 23.9 Å². The van der Waals surface area contributed by atoms with Gasteiger partial charge in [-0.2, -0.15) is 0 Å². The summed E-state index contributed by atoms with van der Waals surface area (Å²) < 4.78 is 5.55. The Morgan fingerprint density at radius 3 is 2.97 bits per heavy atom. The lowest BCUT2D eigenvalue weighted by Crippen LogP contribution is -2.59. The van der Waals surface area contributed by atoms with Gasteiger partial charge < -0.3 is 15.1 Å². The highest BCUT2D eigenvalue weighted by atomic mass is 32.2. The summed E-state index contributed by atoms with van der Waals surface area (Å²) in [5, 5.41) is 13.5. The van der Waals surface area contributed by atoms with Gasteiger partial charge in [-0.05, 0) is 19.1 Å². The first kappa shape index (κ1) is 20.5. The minimum absolute atomic E-state index is 0.0696. The van der Waals surface area contributed by atoms with Crippen LogP contribution in [0.5, 0.6) is 0 Å². The zero-order valence-electron chi connectivity index (χ0n) is 15.7. The fraction of sp³-hybridized carbons (Fsp3) is 0.333. The van der Waals surface area contributed by atoms with Crippen molar-refractivity contribution in [1.29, 1.82) is 0 Å². The van der Waals surface area contributed by atoms with Crippen LogP contribution in [0.3, 0.4) is 0 Å². The first-order chi connectivity index (χ1) is 14.0. The molecule has 2 aromatic rings. The van der Waals surface area contributed by atoms with Crippen LogP contribution in [0.4, 0.5) is 10.6 Å². The third kappa shape index (κ3) is 5.19. The molecule has 2 atom stereocenters. The molecule has 0 saturated carbocycles. The van der Waals surface area contributed by atoms with Crippen LogP contribution in [0.1, 0.15) is 12.8 Å². The average molecular weight is 416 g/mol. The number of aromatic nitrogens is 3. The summed E-state index contributed by atoms with van der Waals surface area (Å²) in [6.07, 6.45) is 3.25. The van der Waals surface area contributed by atoms with Crippen LogP contribution in [0, 0.1) is 5.92 Å². The first-order valence-electron chi connectivity index (χ1n) is 8.86. The predicted octanol–water partition coefficient (Wildman–Crippen LogP) is 1.48. The predicted molar refractivity (Wildman–Crippen MR) is 105 cm³/mol. The van der Waals surface area contributed by atoms with E-state index >= 15 is 0 Å². The number of thioether (sulfide) groups is 1. The standard InChI is InChI=1S/C18H20N6O4S/c1-3-8-24-16(26)12(11(2)20-17(24)27)9-15-22-23-18(28-15)29-10-14(25)21-13-6-4-5-7-19-13/h3-7,11-12H,1,8-10H2,2H3,(H,20,27)(H,19,21,25). The molecule has 2 unspecified atom stereocenters. The molecule has 4 amide bonds. The van der Waals surface area contributed by atoms with E-state index in [2.05, 4.69) is 32.4 Å². The van der Waals surface area contributed by atoms with Gasteiger partial charge in [0.1, 0.15) is 5.82 Å². The van der Waals surface area contributed by atoms with E-state index in [1.807, 2.05) is 0 Å². The minimum Gasteiger partial charge on any atom is -0.416 e. The van der Waals surface area contributed by atoms with Gasteiger partial charge in [0.05, 0.1) is 11.7 Å². The number of imide groups is 1. The number of rotatable bonds is 8. The summed E-state index contributed by atoms with van der Waals surface area (Å²) in [4.78, 5) is 41.6. The van der Waals surface area contributed by atoms with E-state index in [4.69, 9.17) is 4.42 Å². The van der Waals surface area contributed by atoms with Gasteiger partial charge in [0.25, 0.3) is 5.22 Å². The lowest BCUT2D eigenvalue weighted by atomic mass is 9.93. The number of nitrogens with one attached hydrogen (secondary N) is 2. The lowest BCUT2D eigenvalue weighted by Gasteiger charge is -2.34. The van der Waals surface area contributed by atoms with Crippen molar-refractivity contribution in [1.82, 2.24) is 25.4 Å². The van der Waals surface area contributed by atoms with Crippen molar-refractivity contribution in [3.8, 4) is 0 Å². The van der Waals surface area contributed by atoms with E-state index in [-0.39, 0.29) is 47.7 Å². The topological polar surface area (TPSA) is 130 Å². The Kier molecular flexibility index (Phi) is 6.60. The summed E-state index contributed by atoms with van der Waals surface area (Å²) in [5.74, 6) is -0.313. The second kappa shape index (κ2) is 9.32. The molecule has 0 spiro atoms. The zero-order valence-corrected chi connectivity index (χ0v) is 16.5. The molecule has 0 aliphatic carbocycles. The molecule has 152 valence electrons. The quantitative estimate of drug-likeness (QED) is 0.489. The number of carbonyl (C=O) groups excluding carboxylic acids is 3. The molecule has 0 bridgehead atoms. The van der Waals surface area contributed by atoms with E-state index in [1.165, 1.54) is 6.08 Å². The summed E-state index contributed by atoms with van der Waals surface area (Å²) in [6, 6.07) is 4.39. The molecular weight excluding hydrogens is 396 g/mol. The van der Waals surface area contributed by atoms with Crippen LogP contribution >= 0.6 is 11.8 Å². The highest BCUT2D eigenvalue weighted by Gasteiger charge is 2.39. The molecule has 3 heterocycles. The van der Waals surface area contributed by atoms with Crippen molar-refractivity contribution < 1.29 is 18.8 Å². The Balaban J connectivity index is 1.55. The van der Waals surface area contributed by atoms with Crippen molar-refractivity contribution in [3.05, 3.63) is 42.9 Å². The second-order valence-electron chi connectivity index (χ2n) is 6.30. The number of hydrogen-bond acceptors (Lipinski definition) is 8. The smallest absolute Gasteiger partial charge is 0.324 e. The molecule has 10 nitrogen and oxygen atoms in total. The average Bonchev–Trinajstić information content (AvgIpc) is 3.15. The number of hydrogen-bond donors (Lipinski definition) is 2. The Morgan fingerprint density at radius 2 is 2.24 bits per heavy atom. The van der Waals surface area contributed by atoms with Crippen LogP contribution in [0.15, 0.2) is 46.7 Å². The summed E-state index contributed by atoms with van der Waals surface area (Å²) in [7, 11) is 0. The molecule has 11 heteroatoms. The fourth-order valence-corrected chi connectivity index (χ4v) is 3.34. The number of pyridine rings is 1. The third-order valence-corrected chi connectivity index (χ3v) is 5.02. The molecule has 29 heavy (non-hydrogen) atoms. The van der Waals surface area contributed by atoms with Crippen molar-refractivity contribution >= 4 is 35.4 Å².